The molecule has 2 aromatic rings. The fraction of sp³-hybridized carbons (Fsp3) is 0.214. The first-order valence-corrected chi connectivity index (χ1v) is 7.14. The van der Waals surface area contributed by atoms with Gasteiger partial charge in [-0.3, -0.25) is 9.59 Å². The summed E-state index contributed by atoms with van der Waals surface area (Å²) in [6.07, 6.45) is 0.344. The molecule has 1 amide bonds. The number of hydrogen-bond donors (Lipinski definition) is 3. The van der Waals surface area contributed by atoms with Crippen LogP contribution in [0.1, 0.15) is 23.0 Å². The molecule has 0 bridgehead atoms. The zero-order chi connectivity index (χ0) is 15.4. The van der Waals surface area contributed by atoms with E-state index in [2.05, 4.69) is 10.3 Å². The van der Waals surface area contributed by atoms with Crippen molar-refractivity contribution in [3.63, 3.8) is 0 Å². The van der Waals surface area contributed by atoms with Gasteiger partial charge in [-0.1, -0.05) is 12.1 Å². The Morgan fingerprint density at radius 1 is 1.38 bits per heavy atom. The molecule has 0 saturated heterocycles. The minimum absolute atomic E-state index is 0.153. The average Bonchev–Trinajstić information content (AvgIpc) is 2.90. The molecule has 6 nitrogen and oxygen atoms in total. The van der Waals surface area contributed by atoms with E-state index in [9.17, 15) is 14.7 Å². The number of phenolic OH excluding ortho intramolecular Hbond substituents is 1. The summed E-state index contributed by atoms with van der Waals surface area (Å²) in [7, 11) is 0. The first-order valence-electron chi connectivity index (χ1n) is 6.26. The molecular weight excluding hydrogens is 290 g/mol. The second-order valence-corrected chi connectivity index (χ2v) is 5.42. The molecule has 21 heavy (non-hydrogen) atoms. The Hall–Kier alpha value is -2.25. The summed E-state index contributed by atoms with van der Waals surface area (Å²) >= 11 is 1.18. The summed E-state index contributed by atoms with van der Waals surface area (Å²) in [5.41, 5.74) is 7.01. The van der Waals surface area contributed by atoms with Crippen molar-refractivity contribution in [1.29, 1.82) is 0 Å². The number of nitrogens with one attached hydrogen (secondary N) is 1. The third-order valence-electron chi connectivity index (χ3n) is 2.82. The van der Waals surface area contributed by atoms with Crippen molar-refractivity contribution in [2.75, 3.05) is 5.32 Å². The quantitative estimate of drug-likeness (QED) is 0.727. The van der Waals surface area contributed by atoms with Crippen LogP contribution in [0.3, 0.4) is 0 Å². The molecule has 1 atom stereocenters. The number of amides is 1. The average molecular weight is 305 g/mol. The van der Waals surface area contributed by atoms with E-state index in [1.54, 1.807) is 29.6 Å². The van der Waals surface area contributed by atoms with E-state index in [1.165, 1.54) is 18.3 Å². The van der Waals surface area contributed by atoms with Gasteiger partial charge in [0.15, 0.2) is 10.9 Å². The van der Waals surface area contributed by atoms with Crippen molar-refractivity contribution in [1.82, 2.24) is 4.98 Å². The smallest absolute Gasteiger partial charge is 0.243 e. The van der Waals surface area contributed by atoms with Gasteiger partial charge in [0.25, 0.3) is 0 Å². The molecule has 0 aliphatic rings. The van der Waals surface area contributed by atoms with Crippen LogP contribution >= 0.6 is 11.3 Å². The van der Waals surface area contributed by atoms with Crippen LogP contribution in [-0.2, 0) is 11.2 Å². The number of carbonyl (C=O) groups is 2. The maximum Gasteiger partial charge on any atom is 0.243 e. The number of nitrogens with two attached hydrogens (primary N) is 1. The lowest BCUT2D eigenvalue weighted by molar-refractivity contribution is -0.117. The molecule has 4 N–H and O–H groups in total. The molecule has 0 radical (unpaired) electrons. The highest BCUT2D eigenvalue weighted by Crippen LogP contribution is 2.16. The summed E-state index contributed by atoms with van der Waals surface area (Å²) in [6, 6.07) is 5.76. The first-order chi connectivity index (χ1) is 9.95. The van der Waals surface area contributed by atoms with E-state index in [0.29, 0.717) is 17.2 Å². The normalized spacial score (nSPS) is 11.9. The van der Waals surface area contributed by atoms with E-state index in [1.807, 2.05) is 0 Å². The number of phenols is 1. The number of aromatic hydroxyl groups is 1. The van der Waals surface area contributed by atoms with Gasteiger partial charge in [0.2, 0.25) is 5.91 Å². The van der Waals surface area contributed by atoms with Crippen molar-refractivity contribution in [2.24, 2.45) is 5.73 Å². The SMILES string of the molecule is CC(=O)c1csc(NC(=O)[C@@H](N)Cc2ccc(O)cc2)n1. The van der Waals surface area contributed by atoms with E-state index < -0.39 is 6.04 Å². The number of aromatic nitrogens is 1. The second kappa shape index (κ2) is 6.47. The molecule has 0 spiro atoms. The van der Waals surface area contributed by atoms with Crippen molar-refractivity contribution in [2.45, 2.75) is 19.4 Å². The lowest BCUT2D eigenvalue weighted by atomic mass is 10.1. The Kier molecular flexibility index (Phi) is 4.66. The van der Waals surface area contributed by atoms with Crippen LogP contribution < -0.4 is 11.1 Å². The zero-order valence-electron chi connectivity index (χ0n) is 11.4. The maximum absolute atomic E-state index is 12.0. The largest absolute Gasteiger partial charge is 0.508 e. The third kappa shape index (κ3) is 4.11. The number of thiazole rings is 1. The molecule has 1 aromatic carbocycles. The van der Waals surface area contributed by atoms with Crippen LogP contribution in [0, 0.1) is 0 Å². The predicted octanol–water partition coefficient (Wildman–Crippen LogP) is 1.56. The van der Waals surface area contributed by atoms with Crippen LogP contribution in [0.15, 0.2) is 29.6 Å². The van der Waals surface area contributed by atoms with Gasteiger partial charge in [-0.05, 0) is 24.1 Å². The number of Topliss-reactive ketones (excluding diaryl/α,β-unsaturated/α-hetero) is 1. The van der Waals surface area contributed by atoms with Crippen molar-refractivity contribution >= 4 is 28.2 Å². The molecule has 1 heterocycles. The first kappa shape index (κ1) is 15.1. The molecular formula is C14H15N3O3S. The minimum atomic E-state index is -0.737. The molecule has 0 unspecified atom stereocenters. The number of carbonyl (C=O) groups excluding carboxylic acids is 2. The van der Waals surface area contributed by atoms with Crippen LogP contribution in [0.25, 0.3) is 0 Å². The van der Waals surface area contributed by atoms with Gasteiger partial charge in [-0.15, -0.1) is 11.3 Å². The highest BCUT2D eigenvalue weighted by Gasteiger charge is 2.16. The Bertz CT molecular complexity index is 652. The second-order valence-electron chi connectivity index (χ2n) is 4.56. The number of nitrogens with zero attached hydrogens (tertiary/aromatic N) is 1. The molecule has 0 aliphatic carbocycles. The number of anilines is 1. The predicted molar refractivity (Wildman–Crippen MR) is 80.5 cm³/mol. The Balaban J connectivity index is 1.95. The topological polar surface area (TPSA) is 105 Å². The standard InChI is InChI=1S/C14H15N3O3S/c1-8(18)12-7-21-14(16-12)17-13(20)11(15)6-9-2-4-10(19)5-3-9/h2-5,7,11,19H,6,15H2,1H3,(H,16,17,20)/t11-/m0/s1. The van der Waals surface area contributed by atoms with Crippen molar-refractivity contribution in [3.8, 4) is 5.75 Å². The van der Waals surface area contributed by atoms with E-state index in [-0.39, 0.29) is 17.4 Å². The summed E-state index contributed by atoms with van der Waals surface area (Å²) in [4.78, 5) is 27.1. The fourth-order valence-corrected chi connectivity index (χ4v) is 2.42. The lowest BCUT2D eigenvalue weighted by Crippen LogP contribution is -2.37. The summed E-state index contributed by atoms with van der Waals surface area (Å²) in [5.74, 6) is -0.357. The number of benzene rings is 1. The summed E-state index contributed by atoms with van der Waals surface area (Å²) < 4.78 is 0. The van der Waals surface area contributed by atoms with Gasteiger partial charge in [0.1, 0.15) is 11.4 Å². The summed E-state index contributed by atoms with van der Waals surface area (Å²) in [6.45, 7) is 1.41. The zero-order valence-corrected chi connectivity index (χ0v) is 12.2. The molecule has 0 fully saturated rings. The van der Waals surface area contributed by atoms with Gasteiger partial charge in [0, 0.05) is 12.3 Å². The number of hydrogen-bond acceptors (Lipinski definition) is 6. The van der Waals surface area contributed by atoms with E-state index >= 15 is 0 Å². The van der Waals surface area contributed by atoms with Gasteiger partial charge in [-0.2, -0.15) is 0 Å². The van der Waals surface area contributed by atoms with Crippen molar-refractivity contribution < 1.29 is 14.7 Å². The fourth-order valence-electron chi connectivity index (χ4n) is 1.67. The molecule has 7 heteroatoms. The van der Waals surface area contributed by atoms with Crippen molar-refractivity contribution in [3.05, 3.63) is 40.9 Å². The van der Waals surface area contributed by atoms with E-state index in [0.717, 1.165) is 5.56 Å². The monoisotopic (exact) mass is 305 g/mol. The maximum atomic E-state index is 12.0. The van der Waals surface area contributed by atoms with Gasteiger partial charge < -0.3 is 16.2 Å². The Morgan fingerprint density at radius 3 is 2.62 bits per heavy atom. The van der Waals surface area contributed by atoms with Crippen LogP contribution in [0.2, 0.25) is 0 Å². The lowest BCUT2D eigenvalue weighted by Gasteiger charge is -2.10. The van der Waals surface area contributed by atoms with Gasteiger partial charge >= 0.3 is 0 Å². The molecule has 110 valence electrons. The summed E-state index contributed by atoms with van der Waals surface area (Å²) in [5, 5.41) is 13.7. The van der Waals surface area contributed by atoms with Gasteiger partial charge in [0.05, 0.1) is 6.04 Å². The van der Waals surface area contributed by atoms with Crippen LogP contribution in [0.4, 0.5) is 5.13 Å². The number of rotatable bonds is 5. The van der Waals surface area contributed by atoms with Gasteiger partial charge in [-0.25, -0.2) is 4.98 Å². The minimum Gasteiger partial charge on any atom is -0.508 e. The molecule has 0 saturated carbocycles. The molecule has 1 aromatic heterocycles. The van der Waals surface area contributed by atoms with Crippen LogP contribution in [0.5, 0.6) is 5.75 Å². The van der Waals surface area contributed by atoms with E-state index in [4.69, 9.17) is 5.73 Å². The van der Waals surface area contributed by atoms with Crippen LogP contribution in [-0.4, -0.2) is 27.8 Å². The highest BCUT2D eigenvalue weighted by atomic mass is 32.1. The molecule has 2 rings (SSSR count). The molecule has 0 aliphatic heterocycles. The number of ketones is 1. The Labute approximate surface area is 125 Å². The highest BCUT2D eigenvalue weighted by molar-refractivity contribution is 7.14. The third-order valence-corrected chi connectivity index (χ3v) is 3.58. The Morgan fingerprint density at radius 2 is 2.05 bits per heavy atom.